The normalized spacial score (nSPS) is 15.2. The molecule has 0 N–H and O–H groups in total. The van der Waals surface area contributed by atoms with Crippen molar-refractivity contribution >= 4 is 35.0 Å². The van der Waals surface area contributed by atoms with E-state index < -0.39 is 12.0 Å². The second-order valence-corrected chi connectivity index (χ2v) is 9.79. The van der Waals surface area contributed by atoms with Gasteiger partial charge in [-0.25, -0.2) is 9.79 Å². The van der Waals surface area contributed by atoms with Crippen molar-refractivity contribution in [3.63, 3.8) is 0 Å². The van der Waals surface area contributed by atoms with Crippen LogP contribution in [-0.4, -0.2) is 17.1 Å². The van der Waals surface area contributed by atoms with Gasteiger partial charge in [-0.1, -0.05) is 65.4 Å². The van der Waals surface area contributed by atoms with Crippen LogP contribution in [0, 0.1) is 0 Å². The Labute approximate surface area is 222 Å². The SMILES string of the molecule is CCOC(=O)C1=C(C)N=c2sc(=Cc3cccc(Oc4ccccc4)c3)c(=O)n2C1c1ccc(Cl)cc1. The molecule has 1 atom stereocenters. The summed E-state index contributed by atoms with van der Waals surface area (Å²) in [6.07, 6.45) is 1.81. The van der Waals surface area contributed by atoms with Gasteiger partial charge in [0.15, 0.2) is 4.80 Å². The van der Waals surface area contributed by atoms with E-state index in [1.165, 1.54) is 11.3 Å². The molecule has 0 radical (unpaired) electrons. The Morgan fingerprint density at radius 2 is 1.78 bits per heavy atom. The maximum absolute atomic E-state index is 13.7. The molecular formula is C29H23ClN2O4S. The van der Waals surface area contributed by atoms with Gasteiger partial charge in [-0.3, -0.25) is 9.36 Å². The number of aromatic nitrogens is 1. The molecule has 1 unspecified atom stereocenters. The minimum absolute atomic E-state index is 0.217. The third-order valence-electron chi connectivity index (χ3n) is 5.84. The van der Waals surface area contributed by atoms with E-state index in [2.05, 4.69) is 4.99 Å². The van der Waals surface area contributed by atoms with Gasteiger partial charge < -0.3 is 9.47 Å². The predicted octanol–water partition coefficient (Wildman–Crippen LogP) is 5.24. The monoisotopic (exact) mass is 530 g/mol. The van der Waals surface area contributed by atoms with E-state index in [1.54, 1.807) is 30.5 Å². The molecule has 6 nitrogen and oxygen atoms in total. The highest BCUT2D eigenvalue weighted by Gasteiger charge is 2.33. The number of rotatable bonds is 6. The Hall–Kier alpha value is -3.94. The van der Waals surface area contributed by atoms with Crippen LogP contribution in [0.4, 0.5) is 0 Å². The summed E-state index contributed by atoms with van der Waals surface area (Å²) in [7, 11) is 0. The van der Waals surface area contributed by atoms with Crippen LogP contribution >= 0.6 is 22.9 Å². The number of benzene rings is 3. The molecule has 1 aliphatic heterocycles. The van der Waals surface area contributed by atoms with E-state index in [0.29, 0.717) is 31.4 Å². The smallest absolute Gasteiger partial charge is 0.338 e. The minimum Gasteiger partial charge on any atom is -0.463 e. The first-order chi connectivity index (χ1) is 17.9. The third kappa shape index (κ3) is 5.14. The highest BCUT2D eigenvalue weighted by atomic mass is 35.5. The van der Waals surface area contributed by atoms with Crippen molar-refractivity contribution < 1.29 is 14.3 Å². The predicted molar refractivity (Wildman–Crippen MR) is 145 cm³/mol. The van der Waals surface area contributed by atoms with Gasteiger partial charge in [0.05, 0.1) is 28.5 Å². The van der Waals surface area contributed by atoms with Crippen LogP contribution in [-0.2, 0) is 9.53 Å². The number of para-hydroxylation sites is 1. The maximum atomic E-state index is 13.7. The molecular weight excluding hydrogens is 508 g/mol. The summed E-state index contributed by atoms with van der Waals surface area (Å²) < 4.78 is 13.3. The molecule has 0 bridgehead atoms. The van der Waals surface area contributed by atoms with Crippen molar-refractivity contribution in [1.29, 1.82) is 0 Å². The summed E-state index contributed by atoms with van der Waals surface area (Å²) in [6, 6.07) is 23.4. The van der Waals surface area contributed by atoms with Crippen molar-refractivity contribution in [2.24, 2.45) is 4.99 Å². The van der Waals surface area contributed by atoms with Crippen LogP contribution in [0.3, 0.4) is 0 Å². The molecule has 1 aliphatic rings. The molecule has 0 fully saturated rings. The van der Waals surface area contributed by atoms with Gasteiger partial charge in [0.1, 0.15) is 11.5 Å². The Balaban J connectivity index is 1.61. The number of fused-ring (bicyclic) bond motifs is 1. The van der Waals surface area contributed by atoms with Crippen molar-refractivity contribution in [3.8, 4) is 11.5 Å². The molecule has 4 aromatic rings. The first kappa shape index (κ1) is 24.7. The number of hydrogen-bond acceptors (Lipinski definition) is 6. The number of ether oxygens (including phenoxy) is 2. The Morgan fingerprint density at radius 1 is 1.05 bits per heavy atom. The molecule has 0 saturated carbocycles. The Morgan fingerprint density at radius 3 is 2.51 bits per heavy atom. The van der Waals surface area contributed by atoms with Crippen molar-refractivity contribution in [2.45, 2.75) is 19.9 Å². The van der Waals surface area contributed by atoms with E-state index in [1.807, 2.05) is 72.8 Å². The van der Waals surface area contributed by atoms with E-state index >= 15 is 0 Å². The number of thiazole rings is 1. The van der Waals surface area contributed by atoms with Crippen LogP contribution in [0.15, 0.2) is 99.9 Å². The van der Waals surface area contributed by atoms with Crippen LogP contribution in [0.2, 0.25) is 5.02 Å². The zero-order valence-corrected chi connectivity index (χ0v) is 21.8. The first-order valence-corrected chi connectivity index (χ1v) is 12.9. The fourth-order valence-corrected chi connectivity index (χ4v) is 5.37. The van der Waals surface area contributed by atoms with Gasteiger partial charge in [0.25, 0.3) is 5.56 Å². The van der Waals surface area contributed by atoms with Gasteiger partial charge >= 0.3 is 5.97 Å². The first-order valence-electron chi connectivity index (χ1n) is 11.7. The lowest BCUT2D eigenvalue weighted by atomic mass is 9.96. The zero-order chi connectivity index (χ0) is 25.9. The molecule has 37 heavy (non-hydrogen) atoms. The lowest BCUT2D eigenvalue weighted by molar-refractivity contribution is -0.139. The summed E-state index contributed by atoms with van der Waals surface area (Å²) in [4.78, 5) is 31.8. The van der Waals surface area contributed by atoms with Crippen molar-refractivity contribution in [1.82, 2.24) is 4.57 Å². The van der Waals surface area contributed by atoms with Gasteiger partial charge in [-0.05, 0) is 67.4 Å². The molecule has 8 heteroatoms. The zero-order valence-electron chi connectivity index (χ0n) is 20.2. The fourth-order valence-electron chi connectivity index (χ4n) is 4.20. The second-order valence-electron chi connectivity index (χ2n) is 8.34. The fraction of sp³-hybridized carbons (Fsp3) is 0.138. The Kier molecular flexibility index (Phi) is 7.08. The maximum Gasteiger partial charge on any atom is 0.338 e. The summed E-state index contributed by atoms with van der Waals surface area (Å²) in [5.74, 6) is 0.889. The number of nitrogens with zero attached hydrogens (tertiary/aromatic N) is 2. The molecule has 0 amide bonds. The molecule has 186 valence electrons. The molecule has 0 spiro atoms. The largest absolute Gasteiger partial charge is 0.463 e. The summed E-state index contributed by atoms with van der Waals surface area (Å²) in [6.45, 7) is 3.72. The van der Waals surface area contributed by atoms with E-state index in [4.69, 9.17) is 21.1 Å². The van der Waals surface area contributed by atoms with Gasteiger partial charge in [-0.15, -0.1) is 0 Å². The third-order valence-corrected chi connectivity index (χ3v) is 7.07. The number of hydrogen-bond donors (Lipinski definition) is 0. The Bertz CT molecular complexity index is 1670. The lowest BCUT2D eigenvalue weighted by Crippen LogP contribution is -2.39. The van der Waals surface area contributed by atoms with Crippen LogP contribution in [0.25, 0.3) is 6.08 Å². The van der Waals surface area contributed by atoms with E-state index in [0.717, 1.165) is 16.9 Å². The number of halogens is 1. The van der Waals surface area contributed by atoms with Gasteiger partial charge in [0.2, 0.25) is 0 Å². The number of carbonyl (C=O) groups excluding carboxylic acids is 1. The molecule has 2 heterocycles. The highest BCUT2D eigenvalue weighted by Crippen LogP contribution is 2.31. The molecule has 1 aromatic heterocycles. The number of allylic oxidation sites excluding steroid dienone is 1. The summed E-state index contributed by atoms with van der Waals surface area (Å²) in [5.41, 5.74) is 2.16. The van der Waals surface area contributed by atoms with Crippen molar-refractivity contribution in [2.75, 3.05) is 6.61 Å². The topological polar surface area (TPSA) is 69.9 Å². The summed E-state index contributed by atoms with van der Waals surface area (Å²) in [5, 5.41) is 0.562. The minimum atomic E-state index is -0.678. The van der Waals surface area contributed by atoms with Crippen LogP contribution in [0.5, 0.6) is 11.5 Å². The average Bonchev–Trinajstić information content (AvgIpc) is 3.19. The number of carbonyl (C=O) groups is 1. The number of esters is 1. The lowest BCUT2D eigenvalue weighted by Gasteiger charge is -2.24. The summed E-state index contributed by atoms with van der Waals surface area (Å²) >= 11 is 7.39. The van der Waals surface area contributed by atoms with Gasteiger partial charge in [0, 0.05) is 5.02 Å². The molecule has 5 rings (SSSR count). The van der Waals surface area contributed by atoms with Crippen LogP contribution < -0.4 is 19.6 Å². The quantitative estimate of drug-likeness (QED) is 0.319. The van der Waals surface area contributed by atoms with E-state index in [-0.39, 0.29) is 12.2 Å². The van der Waals surface area contributed by atoms with Crippen LogP contribution in [0.1, 0.15) is 31.0 Å². The van der Waals surface area contributed by atoms with Gasteiger partial charge in [-0.2, -0.15) is 0 Å². The second kappa shape index (κ2) is 10.6. The average molecular weight is 531 g/mol. The van der Waals surface area contributed by atoms with Crippen molar-refractivity contribution in [3.05, 3.63) is 126 Å². The molecule has 0 saturated heterocycles. The highest BCUT2D eigenvalue weighted by molar-refractivity contribution is 7.07. The molecule has 3 aromatic carbocycles. The van der Waals surface area contributed by atoms with E-state index in [9.17, 15) is 9.59 Å². The molecule has 0 aliphatic carbocycles. The standard InChI is InChI=1S/C29H23ClN2O4S/c1-3-35-28(34)25-18(2)31-29-32(26(25)20-12-14-21(30)15-13-20)27(33)24(37-29)17-19-8-7-11-23(16-19)36-22-9-5-4-6-10-22/h4-17,26H,3H2,1-2H3.